The fraction of sp³-hybridized carbons (Fsp3) is 0.600. The molecule has 1 aliphatic heterocycles. The largest absolute Gasteiger partial charge is 0.372 e. The van der Waals surface area contributed by atoms with E-state index in [1.807, 2.05) is 5.01 Å². The monoisotopic (exact) mass is 285 g/mol. The van der Waals surface area contributed by atoms with Gasteiger partial charge >= 0.3 is 5.69 Å². The normalized spacial score (nSPS) is 21.3. The van der Waals surface area contributed by atoms with E-state index >= 15 is 0 Å². The molecular weight excluding hydrogens is 274 g/mol. The van der Waals surface area contributed by atoms with Crippen molar-refractivity contribution >= 4 is 23.1 Å². The zero-order chi connectivity index (χ0) is 13.5. The highest BCUT2D eigenvalue weighted by molar-refractivity contribution is 6.28. The van der Waals surface area contributed by atoms with E-state index in [1.165, 1.54) is 0 Å². The maximum Gasteiger partial charge on any atom is 0.330 e. The number of nitrogens with one attached hydrogen (secondary N) is 1. The summed E-state index contributed by atoms with van der Waals surface area (Å²) in [5.41, 5.74) is 2.68. The first-order valence-electron chi connectivity index (χ1n) is 5.90. The number of morpholine rings is 1. The van der Waals surface area contributed by atoms with Crippen LogP contribution >= 0.6 is 11.6 Å². The number of halogens is 1. The highest BCUT2D eigenvalue weighted by Gasteiger charge is 2.47. The zero-order valence-corrected chi connectivity index (χ0v) is 10.8. The lowest BCUT2D eigenvalue weighted by Gasteiger charge is -2.33. The minimum atomic E-state index is -0.536. The van der Waals surface area contributed by atoms with E-state index in [-0.39, 0.29) is 22.4 Å². The van der Waals surface area contributed by atoms with Crippen molar-refractivity contribution in [1.29, 1.82) is 0 Å². The van der Waals surface area contributed by atoms with E-state index in [0.29, 0.717) is 19.7 Å². The standard InChI is InChI=1S/C10H12ClN5O3/c11-9-12-5-7(16(17)18)8(13-9)14-15-3-4-19-10(6-15)1-2-10/h5H,1-4,6H2,(H,12,13,14). The van der Waals surface area contributed by atoms with Gasteiger partial charge in [-0.05, 0) is 24.4 Å². The third-order valence-corrected chi connectivity index (χ3v) is 3.44. The molecule has 9 heteroatoms. The molecule has 1 aromatic heterocycles. The molecule has 0 unspecified atom stereocenters. The van der Waals surface area contributed by atoms with Crippen LogP contribution < -0.4 is 5.43 Å². The van der Waals surface area contributed by atoms with Crippen LogP contribution in [0.1, 0.15) is 12.8 Å². The molecule has 2 aliphatic rings. The summed E-state index contributed by atoms with van der Waals surface area (Å²) in [5, 5.41) is 12.8. The third kappa shape index (κ3) is 2.60. The molecule has 1 saturated heterocycles. The van der Waals surface area contributed by atoms with Gasteiger partial charge in [0.25, 0.3) is 0 Å². The Balaban J connectivity index is 1.78. The molecule has 1 aliphatic carbocycles. The third-order valence-electron chi connectivity index (χ3n) is 3.26. The molecule has 3 rings (SSSR count). The van der Waals surface area contributed by atoms with Gasteiger partial charge in [0.2, 0.25) is 11.1 Å². The summed E-state index contributed by atoms with van der Waals surface area (Å²) in [6.07, 6.45) is 3.15. The second-order valence-corrected chi connectivity index (χ2v) is 5.03. The van der Waals surface area contributed by atoms with E-state index in [4.69, 9.17) is 16.3 Å². The lowest BCUT2D eigenvalue weighted by Crippen LogP contribution is -2.46. The highest BCUT2D eigenvalue weighted by Crippen LogP contribution is 2.42. The van der Waals surface area contributed by atoms with Gasteiger partial charge in [-0.25, -0.2) is 9.99 Å². The average Bonchev–Trinajstić information content (AvgIpc) is 3.08. The lowest BCUT2D eigenvalue weighted by molar-refractivity contribution is -0.384. The van der Waals surface area contributed by atoms with Crippen LogP contribution in [0.15, 0.2) is 6.20 Å². The van der Waals surface area contributed by atoms with Crippen molar-refractivity contribution in [1.82, 2.24) is 15.0 Å². The van der Waals surface area contributed by atoms with Crippen LogP contribution in [0.25, 0.3) is 0 Å². The first kappa shape index (κ1) is 12.5. The fourth-order valence-electron chi connectivity index (χ4n) is 2.10. The summed E-state index contributed by atoms with van der Waals surface area (Å²) >= 11 is 5.68. The topological polar surface area (TPSA) is 93.4 Å². The minimum Gasteiger partial charge on any atom is -0.372 e. The molecule has 0 amide bonds. The maximum atomic E-state index is 10.9. The second kappa shape index (κ2) is 4.55. The van der Waals surface area contributed by atoms with Gasteiger partial charge in [-0.15, -0.1) is 0 Å². The number of hydrogen-bond donors (Lipinski definition) is 1. The van der Waals surface area contributed by atoms with Crippen LogP contribution in [0, 0.1) is 10.1 Å². The van der Waals surface area contributed by atoms with Crippen molar-refractivity contribution in [3.05, 3.63) is 21.6 Å². The Labute approximate surface area is 113 Å². The van der Waals surface area contributed by atoms with Gasteiger partial charge < -0.3 is 4.74 Å². The first-order valence-corrected chi connectivity index (χ1v) is 6.28. The van der Waals surface area contributed by atoms with E-state index in [9.17, 15) is 10.1 Å². The second-order valence-electron chi connectivity index (χ2n) is 4.69. The Hall–Kier alpha value is -1.51. The SMILES string of the molecule is O=[N+]([O-])c1cnc(Cl)nc1NN1CCOC2(CC2)C1. The van der Waals surface area contributed by atoms with E-state index < -0.39 is 4.92 Å². The Morgan fingerprint density at radius 2 is 2.37 bits per heavy atom. The van der Waals surface area contributed by atoms with Gasteiger partial charge in [0.05, 0.1) is 17.1 Å². The number of ether oxygens (including phenoxy) is 1. The minimum absolute atomic E-state index is 0.0255. The van der Waals surface area contributed by atoms with Crippen molar-refractivity contribution in [2.75, 3.05) is 25.1 Å². The Bertz CT molecular complexity index is 522. The zero-order valence-electron chi connectivity index (χ0n) is 10.0. The molecule has 1 N–H and O–H groups in total. The van der Waals surface area contributed by atoms with Crippen LogP contribution in [-0.4, -0.2) is 45.2 Å². The van der Waals surface area contributed by atoms with Crippen molar-refractivity contribution in [2.45, 2.75) is 18.4 Å². The molecule has 0 bridgehead atoms. The van der Waals surface area contributed by atoms with E-state index in [2.05, 4.69) is 15.4 Å². The molecule has 2 fully saturated rings. The molecule has 102 valence electrons. The van der Waals surface area contributed by atoms with Gasteiger partial charge in [0, 0.05) is 13.1 Å². The summed E-state index contributed by atoms with van der Waals surface area (Å²) in [7, 11) is 0. The molecular formula is C10H12ClN5O3. The number of nitrogens with zero attached hydrogens (tertiary/aromatic N) is 4. The number of hydrogen-bond acceptors (Lipinski definition) is 7. The number of rotatable bonds is 3. The van der Waals surface area contributed by atoms with E-state index in [0.717, 1.165) is 19.0 Å². The highest BCUT2D eigenvalue weighted by atomic mass is 35.5. The first-order chi connectivity index (χ1) is 9.08. The molecule has 1 saturated carbocycles. The number of nitro groups is 1. The Morgan fingerprint density at radius 1 is 1.58 bits per heavy atom. The number of aromatic nitrogens is 2. The molecule has 0 atom stereocenters. The van der Waals surface area contributed by atoms with Crippen LogP contribution in [0.2, 0.25) is 5.28 Å². The smallest absolute Gasteiger partial charge is 0.330 e. The molecule has 19 heavy (non-hydrogen) atoms. The van der Waals surface area contributed by atoms with Crippen LogP contribution in [0.3, 0.4) is 0 Å². The predicted octanol–water partition coefficient (Wildman–Crippen LogP) is 1.23. The summed E-state index contributed by atoms with van der Waals surface area (Å²) in [6.45, 7) is 1.92. The van der Waals surface area contributed by atoms with Gasteiger partial charge in [-0.2, -0.15) is 4.98 Å². The van der Waals surface area contributed by atoms with Gasteiger partial charge in [0.1, 0.15) is 6.20 Å². The van der Waals surface area contributed by atoms with Crippen molar-refractivity contribution in [3.63, 3.8) is 0 Å². The van der Waals surface area contributed by atoms with Gasteiger partial charge in [-0.1, -0.05) is 0 Å². The van der Waals surface area contributed by atoms with Gasteiger partial charge in [-0.3, -0.25) is 15.5 Å². The molecule has 1 spiro atoms. The van der Waals surface area contributed by atoms with Crippen molar-refractivity contribution in [3.8, 4) is 0 Å². The number of anilines is 1. The molecule has 1 aromatic rings. The van der Waals surface area contributed by atoms with E-state index in [1.54, 1.807) is 0 Å². The van der Waals surface area contributed by atoms with Crippen LogP contribution in [0.4, 0.5) is 11.5 Å². The maximum absolute atomic E-state index is 10.9. The molecule has 0 aromatic carbocycles. The summed E-state index contributed by atoms with van der Waals surface area (Å²) in [4.78, 5) is 17.9. The number of hydrazine groups is 1. The van der Waals surface area contributed by atoms with Crippen molar-refractivity contribution in [2.24, 2.45) is 0 Å². The van der Waals surface area contributed by atoms with Gasteiger partial charge in [0.15, 0.2) is 0 Å². The molecule has 2 heterocycles. The van der Waals surface area contributed by atoms with Crippen LogP contribution in [-0.2, 0) is 4.74 Å². The van der Waals surface area contributed by atoms with Crippen molar-refractivity contribution < 1.29 is 9.66 Å². The summed E-state index contributed by atoms with van der Waals surface area (Å²) < 4.78 is 5.67. The summed E-state index contributed by atoms with van der Waals surface area (Å²) in [6, 6.07) is 0. The summed E-state index contributed by atoms with van der Waals surface area (Å²) in [5.74, 6) is 0.114. The Morgan fingerprint density at radius 3 is 3.05 bits per heavy atom. The average molecular weight is 286 g/mol. The Kier molecular flexibility index (Phi) is 3.00. The lowest BCUT2D eigenvalue weighted by atomic mass is 10.3. The fourth-order valence-corrected chi connectivity index (χ4v) is 2.24. The molecule has 0 radical (unpaired) electrons. The van der Waals surface area contributed by atoms with Crippen LogP contribution in [0.5, 0.6) is 0 Å². The predicted molar refractivity (Wildman–Crippen MR) is 66.8 cm³/mol. The molecule has 8 nitrogen and oxygen atoms in total. The quantitative estimate of drug-likeness (QED) is 0.507.